The average molecular weight is 237 g/mol. The summed E-state index contributed by atoms with van der Waals surface area (Å²) in [5.74, 6) is -0.0660. The van der Waals surface area contributed by atoms with Gasteiger partial charge in [-0.1, -0.05) is 0 Å². The van der Waals surface area contributed by atoms with Crippen LogP contribution in [0.5, 0.6) is 0 Å². The maximum atomic E-state index is 11.0. The summed E-state index contributed by atoms with van der Waals surface area (Å²) in [6, 6.07) is 3.46. The fraction of sp³-hybridized carbons (Fsp3) is 0.455. The lowest BCUT2D eigenvalue weighted by Crippen LogP contribution is -2.32. The molecule has 1 amide bonds. The van der Waals surface area contributed by atoms with Crippen molar-refractivity contribution >= 4 is 17.4 Å². The molecule has 0 saturated carbocycles. The predicted molar refractivity (Wildman–Crippen MR) is 68.8 cm³/mol. The Labute approximate surface area is 101 Å². The number of anilines is 2. The largest absolute Gasteiger partial charge is 0.396 e. The molecule has 0 fully saturated rings. The van der Waals surface area contributed by atoms with Crippen molar-refractivity contribution in [3.63, 3.8) is 0 Å². The van der Waals surface area contributed by atoms with Gasteiger partial charge < -0.3 is 21.7 Å². The molecule has 1 heterocycles. The summed E-state index contributed by atoms with van der Waals surface area (Å²) in [4.78, 5) is 17.1. The number of hydrogen-bond donors (Lipinski definition) is 3. The zero-order chi connectivity index (χ0) is 13.0. The number of primary amides is 1. The van der Waals surface area contributed by atoms with Crippen molar-refractivity contribution in [1.29, 1.82) is 0 Å². The van der Waals surface area contributed by atoms with Gasteiger partial charge in [0.2, 0.25) is 0 Å². The zero-order valence-corrected chi connectivity index (χ0v) is 10.4. The maximum absolute atomic E-state index is 11.0. The van der Waals surface area contributed by atoms with E-state index in [1.54, 1.807) is 6.07 Å². The first-order valence-electron chi connectivity index (χ1n) is 5.38. The van der Waals surface area contributed by atoms with Crippen molar-refractivity contribution in [2.45, 2.75) is 13.0 Å². The monoisotopic (exact) mass is 237 g/mol. The number of amides is 1. The minimum absolute atomic E-state index is 0.208. The van der Waals surface area contributed by atoms with Crippen molar-refractivity contribution in [3.05, 3.63) is 17.8 Å². The van der Waals surface area contributed by atoms with Gasteiger partial charge in [0.1, 0.15) is 11.5 Å². The second-order valence-corrected chi connectivity index (χ2v) is 4.19. The van der Waals surface area contributed by atoms with Gasteiger partial charge in [-0.2, -0.15) is 0 Å². The highest BCUT2D eigenvalue weighted by Crippen LogP contribution is 2.15. The molecule has 0 aliphatic heterocycles. The van der Waals surface area contributed by atoms with E-state index in [2.05, 4.69) is 22.1 Å². The van der Waals surface area contributed by atoms with Crippen LogP contribution in [-0.4, -0.2) is 42.5 Å². The fourth-order valence-electron chi connectivity index (χ4n) is 1.18. The molecule has 1 atom stereocenters. The van der Waals surface area contributed by atoms with Crippen LogP contribution in [0.3, 0.4) is 0 Å². The molecule has 6 heteroatoms. The standard InChI is InChI=1S/C11H19N5O/c1-7(16(2)3)6-14-11-8(12)4-5-9(15-11)10(13)17/h4-5,7H,6,12H2,1-3H3,(H2,13,17)(H,14,15). The fourth-order valence-corrected chi connectivity index (χ4v) is 1.18. The lowest BCUT2D eigenvalue weighted by Gasteiger charge is -2.20. The van der Waals surface area contributed by atoms with Crippen molar-refractivity contribution in [2.24, 2.45) is 5.73 Å². The Balaban J connectivity index is 2.76. The van der Waals surface area contributed by atoms with Crippen molar-refractivity contribution in [3.8, 4) is 0 Å². The van der Waals surface area contributed by atoms with Crippen molar-refractivity contribution in [1.82, 2.24) is 9.88 Å². The second kappa shape index (κ2) is 5.49. The van der Waals surface area contributed by atoms with Crippen LogP contribution in [0, 0.1) is 0 Å². The molecule has 17 heavy (non-hydrogen) atoms. The first-order chi connectivity index (χ1) is 7.91. The van der Waals surface area contributed by atoms with E-state index in [-0.39, 0.29) is 5.69 Å². The highest BCUT2D eigenvalue weighted by Gasteiger charge is 2.09. The molecular formula is C11H19N5O. The van der Waals surface area contributed by atoms with E-state index in [0.29, 0.717) is 24.1 Å². The summed E-state index contributed by atoms with van der Waals surface area (Å²) in [5.41, 5.74) is 11.6. The van der Waals surface area contributed by atoms with Crippen LogP contribution >= 0.6 is 0 Å². The second-order valence-electron chi connectivity index (χ2n) is 4.19. The summed E-state index contributed by atoms with van der Waals surface area (Å²) >= 11 is 0. The summed E-state index contributed by atoms with van der Waals surface area (Å²) < 4.78 is 0. The first-order valence-corrected chi connectivity index (χ1v) is 5.38. The van der Waals surface area contributed by atoms with Crippen LogP contribution in [0.2, 0.25) is 0 Å². The minimum atomic E-state index is -0.561. The topological polar surface area (TPSA) is 97.3 Å². The van der Waals surface area contributed by atoms with Crippen molar-refractivity contribution in [2.75, 3.05) is 31.7 Å². The van der Waals surface area contributed by atoms with Gasteiger partial charge in [0.15, 0.2) is 0 Å². The summed E-state index contributed by atoms with van der Waals surface area (Å²) in [6.45, 7) is 2.76. The number of carbonyl (C=O) groups excluding carboxylic acids is 1. The van der Waals surface area contributed by atoms with E-state index in [0.717, 1.165) is 0 Å². The summed E-state index contributed by atoms with van der Waals surface area (Å²) in [5, 5.41) is 3.10. The van der Waals surface area contributed by atoms with E-state index >= 15 is 0 Å². The predicted octanol–water partition coefficient (Wildman–Crippen LogP) is 0.125. The first kappa shape index (κ1) is 13.2. The van der Waals surface area contributed by atoms with E-state index < -0.39 is 5.91 Å². The van der Waals surface area contributed by atoms with Crippen molar-refractivity contribution < 1.29 is 4.79 Å². The molecule has 0 radical (unpaired) electrons. The zero-order valence-electron chi connectivity index (χ0n) is 10.4. The SMILES string of the molecule is CC(CNc1nc(C(N)=O)ccc1N)N(C)C. The summed E-state index contributed by atoms with van der Waals surface area (Å²) in [6.07, 6.45) is 0. The lowest BCUT2D eigenvalue weighted by molar-refractivity contribution is 0.0996. The summed E-state index contributed by atoms with van der Waals surface area (Å²) in [7, 11) is 3.98. The van der Waals surface area contributed by atoms with Crippen LogP contribution in [0.25, 0.3) is 0 Å². The molecular weight excluding hydrogens is 218 g/mol. The van der Waals surface area contributed by atoms with Gasteiger partial charge in [0.05, 0.1) is 5.69 Å². The van der Waals surface area contributed by atoms with Crippen LogP contribution < -0.4 is 16.8 Å². The molecule has 0 saturated heterocycles. The third kappa shape index (κ3) is 3.60. The molecule has 5 N–H and O–H groups in total. The molecule has 0 aliphatic carbocycles. The molecule has 1 unspecified atom stereocenters. The van der Waals surface area contributed by atoms with Gasteiger partial charge in [-0.3, -0.25) is 4.79 Å². The maximum Gasteiger partial charge on any atom is 0.267 e. The number of rotatable bonds is 5. The molecule has 0 bridgehead atoms. The number of carbonyl (C=O) groups is 1. The van der Waals surface area contributed by atoms with Gasteiger partial charge in [0.25, 0.3) is 5.91 Å². The normalized spacial score (nSPS) is 12.5. The molecule has 0 spiro atoms. The molecule has 1 rings (SSSR count). The Morgan fingerprint density at radius 1 is 1.53 bits per heavy atom. The molecule has 94 valence electrons. The Kier molecular flexibility index (Phi) is 4.28. The molecule has 6 nitrogen and oxygen atoms in total. The number of hydrogen-bond acceptors (Lipinski definition) is 5. The van der Waals surface area contributed by atoms with Gasteiger partial charge in [-0.05, 0) is 33.2 Å². The Morgan fingerprint density at radius 2 is 2.18 bits per heavy atom. The Bertz CT molecular complexity index is 405. The number of aromatic nitrogens is 1. The van der Waals surface area contributed by atoms with Crippen LogP contribution in [0.15, 0.2) is 12.1 Å². The van der Waals surface area contributed by atoms with E-state index in [9.17, 15) is 4.79 Å². The lowest BCUT2D eigenvalue weighted by atomic mass is 10.3. The number of nitrogen functional groups attached to an aromatic ring is 1. The Hall–Kier alpha value is -1.82. The number of nitrogens with zero attached hydrogens (tertiary/aromatic N) is 2. The van der Waals surface area contributed by atoms with Crippen LogP contribution in [0.1, 0.15) is 17.4 Å². The van der Waals surface area contributed by atoms with Gasteiger partial charge in [-0.15, -0.1) is 0 Å². The third-order valence-electron chi connectivity index (χ3n) is 2.63. The molecule has 0 aliphatic rings. The van der Waals surface area contributed by atoms with Gasteiger partial charge >= 0.3 is 0 Å². The van der Waals surface area contributed by atoms with Gasteiger partial charge in [-0.25, -0.2) is 4.98 Å². The molecule has 0 aromatic carbocycles. The number of pyridine rings is 1. The van der Waals surface area contributed by atoms with Gasteiger partial charge in [0, 0.05) is 12.6 Å². The Morgan fingerprint density at radius 3 is 2.71 bits per heavy atom. The van der Waals surface area contributed by atoms with E-state index in [1.807, 2.05) is 14.1 Å². The number of nitrogens with two attached hydrogens (primary N) is 2. The molecule has 1 aromatic rings. The average Bonchev–Trinajstić information content (AvgIpc) is 2.26. The number of likely N-dealkylation sites (N-methyl/N-ethyl adjacent to an activating group) is 1. The number of nitrogens with one attached hydrogen (secondary N) is 1. The minimum Gasteiger partial charge on any atom is -0.396 e. The quantitative estimate of drug-likeness (QED) is 0.676. The highest BCUT2D eigenvalue weighted by molar-refractivity contribution is 5.91. The van der Waals surface area contributed by atoms with Crippen LogP contribution in [-0.2, 0) is 0 Å². The van der Waals surface area contributed by atoms with E-state index in [1.165, 1.54) is 6.07 Å². The highest BCUT2D eigenvalue weighted by atomic mass is 16.1. The van der Waals surface area contributed by atoms with E-state index in [4.69, 9.17) is 11.5 Å². The smallest absolute Gasteiger partial charge is 0.267 e. The van der Waals surface area contributed by atoms with Crippen LogP contribution in [0.4, 0.5) is 11.5 Å². The molecule has 1 aromatic heterocycles. The third-order valence-corrected chi connectivity index (χ3v) is 2.63.